The van der Waals surface area contributed by atoms with Crippen LogP contribution in [0.2, 0.25) is 0 Å². The summed E-state index contributed by atoms with van der Waals surface area (Å²) in [6, 6.07) is 5.49. The van der Waals surface area contributed by atoms with Crippen molar-refractivity contribution in [1.29, 1.82) is 0 Å². The Kier molecular flexibility index (Phi) is 3.23. The molecule has 0 bridgehead atoms. The number of aromatic nitrogens is 3. The molecule has 1 aliphatic rings. The van der Waals surface area contributed by atoms with Gasteiger partial charge >= 0.3 is 5.97 Å². The van der Waals surface area contributed by atoms with Gasteiger partial charge in [0.2, 0.25) is 0 Å². The van der Waals surface area contributed by atoms with Crippen LogP contribution in [-0.4, -0.2) is 25.4 Å². The number of pyridine rings is 1. The number of carboxylic acids is 1. The number of hydrogen-bond donors (Lipinski definition) is 1. The first-order chi connectivity index (χ1) is 11.1. The molecule has 0 aliphatic heterocycles. The number of thiazole rings is 1. The maximum Gasteiger partial charge on any atom is 0.309 e. The van der Waals surface area contributed by atoms with Crippen LogP contribution in [0.3, 0.4) is 0 Å². The molecule has 0 amide bonds. The highest BCUT2D eigenvalue weighted by Gasteiger charge is 2.41. The summed E-state index contributed by atoms with van der Waals surface area (Å²) in [5, 5.41) is 10.6. The number of carboxylic acid groups (broad SMARTS) is 1. The molecule has 0 radical (unpaired) electrons. The lowest BCUT2D eigenvalue weighted by molar-refractivity contribution is -0.136. The maximum absolute atomic E-state index is 12.4. The summed E-state index contributed by atoms with van der Waals surface area (Å²) in [6.45, 7) is 0. The molecule has 1 saturated carbocycles. The average Bonchev–Trinajstić information content (AvgIpc) is 3.24. The van der Waals surface area contributed by atoms with Gasteiger partial charge in [-0.15, -0.1) is 11.3 Å². The average molecular weight is 327 g/mol. The number of rotatable bonds is 4. The van der Waals surface area contributed by atoms with E-state index in [1.165, 1.54) is 21.8 Å². The number of hydrogen-bond acceptors (Lipinski definition) is 5. The van der Waals surface area contributed by atoms with Crippen LogP contribution in [0.5, 0.6) is 0 Å². The van der Waals surface area contributed by atoms with Crippen molar-refractivity contribution >= 4 is 22.3 Å². The molecular weight excluding hydrogens is 314 g/mol. The van der Waals surface area contributed by atoms with Gasteiger partial charge in [-0.2, -0.15) is 0 Å². The second-order valence-corrected chi connectivity index (χ2v) is 6.51. The van der Waals surface area contributed by atoms with Crippen LogP contribution in [0.4, 0.5) is 0 Å². The molecule has 1 aliphatic carbocycles. The number of carbonyl (C=O) groups is 1. The van der Waals surface area contributed by atoms with Gasteiger partial charge < -0.3 is 5.11 Å². The summed E-state index contributed by atoms with van der Waals surface area (Å²) in [4.78, 5) is 32.5. The van der Waals surface area contributed by atoms with Crippen molar-refractivity contribution in [3.63, 3.8) is 0 Å². The van der Waals surface area contributed by atoms with Crippen LogP contribution in [0.15, 0.2) is 40.8 Å². The fourth-order valence-corrected chi connectivity index (χ4v) is 3.85. The normalized spacial score (nSPS) is 19.8. The summed E-state index contributed by atoms with van der Waals surface area (Å²) in [7, 11) is 0. The van der Waals surface area contributed by atoms with E-state index in [0.717, 1.165) is 17.7 Å². The topological polar surface area (TPSA) is 84.6 Å². The van der Waals surface area contributed by atoms with E-state index in [0.29, 0.717) is 16.6 Å². The van der Waals surface area contributed by atoms with Crippen LogP contribution in [0.1, 0.15) is 35.2 Å². The maximum atomic E-state index is 12.4. The van der Waals surface area contributed by atoms with Gasteiger partial charge in [0.15, 0.2) is 4.96 Å². The van der Waals surface area contributed by atoms with Gasteiger partial charge in [-0.1, -0.05) is 6.07 Å². The number of aliphatic carboxylic acids is 1. The molecule has 1 N–H and O–H groups in total. The third-order valence-electron chi connectivity index (χ3n) is 4.11. The zero-order valence-corrected chi connectivity index (χ0v) is 12.9. The lowest BCUT2D eigenvalue weighted by atomic mass is 10.1. The highest BCUT2D eigenvalue weighted by Crippen LogP contribution is 2.53. The van der Waals surface area contributed by atoms with Crippen LogP contribution in [0.25, 0.3) is 4.96 Å². The van der Waals surface area contributed by atoms with Crippen LogP contribution in [0, 0.1) is 0 Å². The zero-order valence-electron chi connectivity index (χ0n) is 12.0. The Balaban J connectivity index is 1.68. The first kappa shape index (κ1) is 14.1. The minimum atomic E-state index is -0.959. The highest BCUT2D eigenvalue weighted by molar-refractivity contribution is 7.15. The lowest BCUT2D eigenvalue weighted by Crippen LogP contribution is -2.17. The third-order valence-corrected chi connectivity index (χ3v) is 4.99. The third kappa shape index (κ3) is 2.53. The summed E-state index contributed by atoms with van der Waals surface area (Å²) in [6.07, 6.45) is 4.38. The molecule has 0 spiro atoms. The Morgan fingerprint density at radius 3 is 3.04 bits per heavy atom. The first-order valence-electron chi connectivity index (χ1n) is 7.25. The molecule has 2 unspecified atom stereocenters. The van der Waals surface area contributed by atoms with Gasteiger partial charge in [0.25, 0.3) is 5.56 Å². The van der Waals surface area contributed by atoms with E-state index < -0.39 is 5.97 Å². The Labute approximate surface area is 135 Å². The molecule has 4 rings (SSSR count). The largest absolute Gasteiger partial charge is 0.481 e. The van der Waals surface area contributed by atoms with Crippen molar-refractivity contribution in [1.82, 2.24) is 14.4 Å². The van der Waals surface area contributed by atoms with Gasteiger partial charge in [-0.05, 0) is 24.0 Å². The predicted octanol–water partition coefficient (Wildman–Crippen LogP) is 2.05. The fraction of sp³-hybridized carbons (Fsp3) is 0.250. The minimum Gasteiger partial charge on any atom is -0.481 e. The summed E-state index contributed by atoms with van der Waals surface area (Å²) < 4.78 is 1.39. The second kappa shape index (κ2) is 5.27. The Morgan fingerprint density at radius 2 is 2.30 bits per heavy atom. The second-order valence-electron chi connectivity index (χ2n) is 5.67. The van der Waals surface area contributed by atoms with Gasteiger partial charge in [0.1, 0.15) is 0 Å². The minimum absolute atomic E-state index is 0.178. The zero-order chi connectivity index (χ0) is 16.0. The number of fused-ring (bicyclic) bond motifs is 1. The van der Waals surface area contributed by atoms with Crippen molar-refractivity contribution in [2.24, 2.45) is 0 Å². The molecule has 6 nitrogen and oxygen atoms in total. The molecule has 3 heterocycles. The highest BCUT2D eigenvalue weighted by atomic mass is 32.1. The van der Waals surface area contributed by atoms with E-state index in [1.807, 2.05) is 18.3 Å². The van der Waals surface area contributed by atoms with Crippen molar-refractivity contribution in [3.8, 4) is 0 Å². The van der Waals surface area contributed by atoms with Crippen LogP contribution in [-0.2, 0) is 11.2 Å². The monoisotopic (exact) mass is 327 g/mol. The Morgan fingerprint density at radius 1 is 1.43 bits per heavy atom. The van der Waals surface area contributed by atoms with E-state index in [1.54, 1.807) is 11.6 Å². The molecule has 3 aromatic rings. The predicted molar refractivity (Wildman–Crippen MR) is 85.0 cm³/mol. The molecule has 0 aromatic carbocycles. The van der Waals surface area contributed by atoms with Gasteiger partial charge in [-0.25, -0.2) is 4.98 Å². The van der Waals surface area contributed by atoms with Gasteiger partial charge in [0, 0.05) is 35.5 Å². The van der Waals surface area contributed by atoms with E-state index in [9.17, 15) is 9.59 Å². The molecule has 3 aromatic heterocycles. The molecule has 7 heteroatoms. The van der Waals surface area contributed by atoms with Crippen molar-refractivity contribution in [2.45, 2.75) is 24.7 Å². The van der Waals surface area contributed by atoms with Crippen LogP contribution < -0.4 is 5.56 Å². The molecule has 2 atom stereocenters. The molecular formula is C16H13N3O3S. The standard InChI is InChI=1S/C16H13N3O3S/c20-14-6-13(12-5-11(12)9-2-1-3-17-7-9)18-16-19(14)10(8-23-16)4-15(21)22/h1-3,6-8,11-12H,4-5H2,(H,21,22). The van der Waals surface area contributed by atoms with E-state index in [-0.39, 0.29) is 17.9 Å². The SMILES string of the molecule is O=C(O)Cc1csc2nc(C3CC3c3cccnc3)cc(=O)n12. The van der Waals surface area contributed by atoms with Gasteiger partial charge in [0.05, 0.1) is 12.1 Å². The smallest absolute Gasteiger partial charge is 0.309 e. The van der Waals surface area contributed by atoms with Crippen molar-refractivity contribution in [2.75, 3.05) is 0 Å². The fourth-order valence-electron chi connectivity index (χ4n) is 2.95. The molecule has 1 fully saturated rings. The molecule has 23 heavy (non-hydrogen) atoms. The molecule has 0 saturated heterocycles. The summed E-state index contributed by atoms with van der Waals surface area (Å²) >= 11 is 1.30. The Bertz CT molecular complexity index is 948. The summed E-state index contributed by atoms with van der Waals surface area (Å²) in [5.41, 5.74) is 2.21. The van der Waals surface area contributed by atoms with Crippen LogP contribution >= 0.6 is 11.3 Å². The lowest BCUT2D eigenvalue weighted by Gasteiger charge is -2.02. The Hall–Kier alpha value is -2.54. The van der Waals surface area contributed by atoms with E-state index in [2.05, 4.69) is 9.97 Å². The summed E-state index contributed by atoms with van der Waals surface area (Å²) in [5.74, 6) is -0.363. The number of nitrogens with zero attached hydrogens (tertiary/aromatic N) is 3. The molecule has 116 valence electrons. The van der Waals surface area contributed by atoms with Crippen molar-refractivity contribution < 1.29 is 9.90 Å². The quantitative estimate of drug-likeness (QED) is 0.793. The van der Waals surface area contributed by atoms with Gasteiger partial charge in [-0.3, -0.25) is 19.0 Å². The van der Waals surface area contributed by atoms with E-state index >= 15 is 0 Å². The van der Waals surface area contributed by atoms with E-state index in [4.69, 9.17) is 5.11 Å². The van der Waals surface area contributed by atoms with Crippen molar-refractivity contribution in [3.05, 3.63) is 63.3 Å². The first-order valence-corrected chi connectivity index (χ1v) is 8.13.